The number of aryl methyl sites for hydroxylation is 2. The van der Waals surface area contributed by atoms with E-state index in [0.29, 0.717) is 6.54 Å². The predicted molar refractivity (Wildman–Crippen MR) is 80.7 cm³/mol. The number of hydrogen-bond acceptors (Lipinski definition) is 3. The average Bonchev–Trinajstić information content (AvgIpc) is 2.48. The van der Waals surface area contributed by atoms with Gasteiger partial charge in [-0.2, -0.15) is 0 Å². The van der Waals surface area contributed by atoms with Gasteiger partial charge >= 0.3 is 0 Å². The van der Waals surface area contributed by atoms with Gasteiger partial charge in [0.05, 0.1) is 0 Å². The fraction of sp³-hybridized carbons (Fsp3) is 0.294. The van der Waals surface area contributed by atoms with Crippen molar-refractivity contribution in [2.75, 3.05) is 6.61 Å². The molecule has 2 aromatic carbocycles. The van der Waals surface area contributed by atoms with Crippen LogP contribution in [0.1, 0.15) is 28.4 Å². The molecular formula is C17H21NO2. The summed E-state index contributed by atoms with van der Waals surface area (Å²) in [5, 5.41) is 10.1. The van der Waals surface area contributed by atoms with E-state index in [1.165, 1.54) is 11.1 Å². The zero-order chi connectivity index (χ0) is 14.5. The zero-order valence-electron chi connectivity index (χ0n) is 12.0. The third-order valence-corrected chi connectivity index (χ3v) is 3.49. The SMILES string of the molecule is Cc1ccc(OCC(O)c2ccc(CN)cc2)cc1C. The van der Waals surface area contributed by atoms with Crippen LogP contribution in [0.15, 0.2) is 42.5 Å². The standard InChI is InChI=1S/C17H21NO2/c1-12-3-8-16(9-13(12)2)20-11-17(19)15-6-4-14(10-18)5-7-15/h3-9,17,19H,10-11,18H2,1-2H3. The van der Waals surface area contributed by atoms with Crippen molar-refractivity contribution in [3.05, 3.63) is 64.7 Å². The second kappa shape index (κ2) is 6.55. The van der Waals surface area contributed by atoms with Crippen molar-refractivity contribution in [3.8, 4) is 5.75 Å². The lowest BCUT2D eigenvalue weighted by atomic mass is 10.1. The second-order valence-electron chi connectivity index (χ2n) is 5.02. The molecule has 2 aromatic rings. The second-order valence-corrected chi connectivity index (χ2v) is 5.02. The minimum absolute atomic E-state index is 0.241. The van der Waals surface area contributed by atoms with Crippen molar-refractivity contribution in [2.24, 2.45) is 5.73 Å². The number of hydrogen-bond donors (Lipinski definition) is 2. The molecule has 3 nitrogen and oxygen atoms in total. The van der Waals surface area contributed by atoms with Crippen molar-refractivity contribution in [1.29, 1.82) is 0 Å². The highest BCUT2D eigenvalue weighted by molar-refractivity contribution is 5.34. The smallest absolute Gasteiger partial charge is 0.119 e. The van der Waals surface area contributed by atoms with Crippen LogP contribution in [-0.2, 0) is 6.54 Å². The highest BCUT2D eigenvalue weighted by atomic mass is 16.5. The molecule has 0 aliphatic carbocycles. The maximum Gasteiger partial charge on any atom is 0.119 e. The lowest BCUT2D eigenvalue weighted by Crippen LogP contribution is -2.10. The lowest BCUT2D eigenvalue weighted by molar-refractivity contribution is 0.108. The van der Waals surface area contributed by atoms with E-state index in [1.54, 1.807) is 0 Å². The number of nitrogens with two attached hydrogens (primary N) is 1. The Morgan fingerprint density at radius 2 is 1.75 bits per heavy atom. The molecule has 0 saturated carbocycles. The summed E-state index contributed by atoms with van der Waals surface area (Å²) in [6, 6.07) is 13.6. The molecule has 0 saturated heterocycles. The van der Waals surface area contributed by atoms with E-state index < -0.39 is 6.10 Å². The van der Waals surface area contributed by atoms with E-state index in [-0.39, 0.29) is 6.61 Å². The van der Waals surface area contributed by atoms with Crippen molar-refractivity contribution >= 4 is 0 Å². The van der Waals surface area contributed by atoms with Crippen LogP contribution in [0, 0.1) is 13.8 Å². The molecule has 0 bridgehead atoms. The third kappa shape index (κ3) is 3.59. The van der Waals surface area contributed by atoms with Gasteiger partial charge in [0.15, 0.2) is 0 Å². The van der Waals surface area contributed by atoms with Gasteiger partial charge in [-0.05, 0) is 48.2 Å². The van der Waals surface area contributed by atoms with Crippen LogP contribution in [0.4, 0.5) is 0 Å². The molecule has 3 heteroatoms. The molecule has 0 radical (unpaired) electrons. The number of rotatable bonds is 5. The van der Waals surface area contributed by atoms with Gasteiger partial charge < -0.3 is 15.6 Å². The van der Waals surface area contributed by atoms with Crippen LogP contribution in [-0.4, -0.2) is 11.7 Å². The normalized spacial score (nSPS) is 12.2. The first-order chi connectivity index (χ1) is 9.60. The summed E-state index contributed by atoms with van der Waals surface area (Å²) >= 11 is 0. The molecule has 106 valence electrons. The quantitative estimate of drug-likeness (QED) is 0.879. The van der Waals surface area contributed by atoms with Gasteiger partial charge in [0, 0.05) is 6.54 Å². The lowest BCUT2D eigenvalue weighted by Gasteiger charge is -2.14. The molecule has 0 fully saturated rings. The van der Waals surface area contributed by atoms with Crippen molar-refractivity contribution in [3.63, 3.8) is 0 Å². The van der Waals surface area contributed by atoms with Gasteiger partial charge in [0.25, 0.3) is 0 Å². The highest BCUT2D eigenvalue weighted by Crippen LogP contribution is 2.19. The Labute approximate surface area is 120 Å². The Kier molecular flexibility index (Phi) is 4.77. The third-order valence-electron chi connectivity index (χ3n) is 3.49. The fourth-order valence-corrected chi connectivity index (χ4v) is 1.95. The average molecular weight is 271 g/mol. The molecule has 0 aromatic heterocycles. The molecule has 0 spiro atoms. The van der Waals surface area contributed by atoms with Crippen LogP contribution in [0.5, 0.6) is 5.75 Å². The molecule has 2 rings (SSSR count). The first-order valence-electron chi connectivity index (χ1n) is 6.77. The maximum absolute atomic E-state index is 10.1. The number of benzene rings is 2. The van der Waals surface area contributed by atoms with Crippen LogP contribution in [0.2, 0.25) is 0 Å². The fourth-order valence-electron chi connectivity index (χ4n) is 1.95. The first-order valence-corrected chi connectivity index (χ1v) is 6.77. The summed E-state index contributed by atoms with van der Waals surface area (Å²) in [5.74, 6) is 0.783. The Bertz CT molecular complexity index is 564. The minimum atomic E-state index is -0.636. The Balaban J connectivity index is 1.96. The van der Waals surface area contributed by atoms with Gasteiger partial charge in [0.1, 0.15) is 18.5 Å². The molecule has 0 amide bonds. The first kappa shape index (κ1) is 14.6. The summed E-state index contributed by atoms with van der Waals surface area (Å²) < 4.78 is 5.64. The van der Waals surface area contributed by atoms with E-state index in [1.807, 2.05) is 49.4 Å². The summed E-state index contributed by atoms with van der Waals surface area (Å²) in [5.41, 5.74) is 9.86. The van der Waals surface area contributed by atoms with Gasteiger partial charge in [-0.15, -0.1) is 0 Å². The van der Waals surface area contributed by atoms with Crippen LogP contribution in [0.25, 0.3) is 0 Å². The van der Waals surface area contributed by atoms with E-state index in [2.05, 4.69) is 6.92 Å². The van der Waals surface area contributed by atoms with E-state index in [4.69, 9.17) is 10.5 Å². The van der Waals surface area contributed by atoms with Crippen molar-refractivity contribution < 1.29 is 9.84 Å². The van der Waals surface area contributed by atoms with Gasteiger partial charge in [-0.3, -0.25) is 0 Å². The van der Waals surface area contributed by atoms with Crippen LogP contribution < -0.4 is 10.5 Å². The Hall–Kier alpha value is -1.84. The number of aliphatic hydroxyl groups excluding tert-OH is 1. The van der Waals surface area contributed by atoms with Crippen LogP contribution >= 0.6 is 0 Å². The molecule has 0 aliphatic rings. The van der Waals surface area contributed by atoms with Gasteiger partial charge in [0.2, 0.25) is 0 Å². The largest absolute Gasteiger partial charge is 0.491 e. The minimum Gasteiger partial charge on any atom is -0.491 e. The Morgan fingerprint density at radius 1 is 1.05 bits per heavy atom. The topological polar surface area (TPSA) is 55.5 Å². The summed E-state index contributed by atoms with van der Waals surface area (Å²) in [6.07, 6.45) is -0.636. The number of aliphatic hydroxyl groups is 1. The zero-order valence-corrected chi connectivity index (χ0v) is 12.0. The van der Waals surface area contributed by atoms with Gasteiger partial charge in [-0.1, -0.05) is 30.3 Å². The van der Waals surface area contributed by atoms with Crippen molar-refractivity contribution in [1.82, 2.24) is 0 Å². The molecule has 0 aliphatic heterocycles. The van der Waals surface area contributed by atoms with Gasteiger partial charge in [-0.25, -0.2) is 0 Å². The monoisotopic (exact) mass is 271 g/mol. The van der Waals surface area contributed by atoms with E-state index >= 15 is 0 Å². The predicted octanol–water partition coefficient (Wildman–Crippen LogP) is 2.87. The highest BCUT2D eigenvalue weighted by Gasteiger charge is 2.08. The molecule has 3 N–H and O–H groups in total. The summed E-state index contributed by atoms with van der Waals surface area (Å²) in [4.78, 5) is 0. The summed E-state index contributed by atoms with van der Waals surface area (Å²) in [6.45, 7) is 4.86. The number of ether oxygens (including phenoxy) is 1. The Morgan fingerprint density at radius 3 is 2.35 bits per heavy atom. The molecular weight excluding hydrogens is 250 g/mol. The van der Waals surface area contributed by atoms with E-state index in [9.17, 15) is 5.11 Å². The van der Waals surface area contributed by atoms with Crippen molar-refractivity contribution in [2.45, 2.75) is 26.5 Å². The molecule has 1 unspecified atom stereocenters. The maximum atomic E-state index is 10.1. The molecule has 1 atom stereocenters. The molecule has 0 heterocycles. The summed E-state index contributed by atoms with van der Waals surface area (Å²) in [7, 11) is 0. The van der Waals surface area contributed by atoms with Crippen LogP contribution in [0.3, 0.4) is 0 Å². The van der Waals surface area contributed by atoms with E-state index in [0.717, 1.165) is 16.9 Å². The molecule has 20 heavy (non-hydrogen) atoms.